The van der Waals surface area contributed by atoms with Crippen LogP contribution in [0.1, 0.15) is 15.9 Å². The molecule has 86 valence electrons. The summed E-state index contributed by atoms with van der Waals surface area (Å²) in [6.45, 7) is -0.134. The molecule has 0 aromatic heterocycles. The van der Waals surface area contributed by atoms with Crippen LogP contribution in [0.3, 0.4) is 0 Å². The maximum absolute atomic E-state index is 11.5. The van der Waals surface area contributed by atoms with Crippen LogP contribution in [0.2, 0.25) is 0 Å². The highest BCUT2D eigenvalue weighted by Gasteiger charge is 2.05. The van der Waals surface area contributed by atoms with E-state index in [1.54, 1.807) is 23.9 Å². The maximum atomic E-state index is 11.5. The standard InChI is InChI=1S/C11H14N2O2S/c1-16-7-8-2-4-9(5-3-8)11(15)13-6-10(12)14/h2-5H,6-7H2,1H3,(H2,12,14)(H,13,15). The van der Waals surface area contributed by atoms with Gasteiger partial charge in [0.15, 0.2) is 0 Å². The first-order chi connectivity index (χ1) is 7.63. The van der Waals surface area contributed by atoms with E-state index in [1.165, 1.54) is 5.56 Å². The molecule has 2 amide bonds. The van der Waals surface area contributed by atoms with E-state index in [0.717, 1.165) is 5.75 Å². The lowest BCUT2D eigenvalue weighted by Crippen LogP contribution is -2.33. The van der Waals surface area contributed by atoms with Crippen molar-refractivity contribution in [3.8, 4) is 0 Å². The second-order valence-electron chi connectivity index (χ2n) is 3.28. The van der Waals surface area contributed by atoms with Crippen LogP contribution >= 0.6 is 11.8 Å². The summed E-state index contributed by atoms with van der Waals surface area (Å²) in [7, 11) is 0. The molecular weight excluding hydrogens is 224 g/mol. The zero-order valence-electron chi connectivity index (χ0n) is 9.03. The molecule has 0 aliphatic heterocycles. The number of primary amides is 1. The van der Waals surface area contributed by atoms with Gasteiger partial charge in [0.2, 0.25) is 5.91 Å². The van der Waals surface area contributed by atoms with Gasteiger partial charge in [0.25, 0.3) is 5.91 Å². The quantitative estimate of drug-likeness (QED) is 0.795. The SMILES string of the molecule is CSCc1ccc(C(=O)NCC(N)=O)cc1. The molecule has 1 rings (SSSR count). The Kier molecular flexibility index (Phi) is 4.85. The molecule has 4 nitrogen and oxygen atoms in total. The van der Waals surface area contributed by atoms with Gasteiger partial charge in [-0.3, -0.25) is 9.59 Å². The molecule has 0 bridgehead atoms. The van der Waals surface area contributed by atoms with Gasteiger partial charge < -0.3 is 11.1 Å². The predicted octanol–water partition coefficient (Wildman–Crippen LogP) is 0.765. The number of amides is 2. The highest BCUT2D eigenvalue weighted by molar-refractivity contribution is 7.97. The fourth-order valence-electron chi connectivity index (χ4n) is 1.19. The van der Waals surface area contributed by atoms with Gasteiger partial charge in [0, 0.05) is 11.3 Å². The van der Waals surface area contributed by atoms with Crippen LogP contribution in [0.25, 0.3) is 0 Å². The van der Waals surface area contributed by atoms with Gasteiger partial charge in [-0.05, 0) is 24.0 Å². The number of carbonyl (C=O) groups is 2. The van der Waals surface area contributed by atoms with Crippen molar-refractivity contribution in [2.45, 2.75) is 5.75 Å². The van der Waals surface area contributed by atoms with Crippen molar-refractivity contribution in [1.82, 2.24) is 5.32 Å². The Morgan fingerprint density at radius 1 is 1.31 bits per heavy atom. The Morgan fingerprint density at radius 3 is 2.44 bits per heavy atom. The minimum atomic E-state index is -0.549. The molecule has 3 N–H and O–H groups in total. The largest absolute Gasteiger partial charge is 0.368 e. The number of thioether (sulfide) groups is 1. The average molecular weight is 238 g/mol. The summed E-state index contributed by atoms with van der Waals surface area (Å²) < 4.78 is 0. The first-order valence-corrected chi connectivity index (χ1v) is 6.17. The molecule has 0 heterocycles. The van der Waals surface area contributed by atoms with E-state index in [1.807, 2.05) is 18.4 Å². The van der Waals surface area contributed by atoms with E-state index >= 15 is 0 Å². The van der Waals surface area contributed by atoms with Crippen molar-refractivity contribution >= 4 is 23.6 Å². The van der Waals surface area contributed by atoms with Gasteiger partial charge in [0.05, 0.1) is 6.54 Å². The fourth-order valence-corrected chi connectivity index (χ4v) is 1.71. The molecule has 5 heteroatoms. The first kappa shape index (κ1) is 12.6. The Morgan fingerprint density at radius 2 is 1.94 bits per heavy atom. The van der Waals surface area contributed by atoms with E-state index in [4.69, 9.17) is 5.73 Å². The molecule has 0 aliphatic carbocycles. The Bertz CT molecular complexity index is 376. The molecule has 0 aliphatic rings. The van der Waals surface area contributed by atoms with Crippen molar-refractivity contribution in [2.24, 2.45) is 5.73 Å². The van der Waals surface area contributed by atoms with Gasteiger partial charge in [0.1, 0.15) is 0 Å². The number of benzene rings is 1. The molecule has 0 spiro atoms. The maximum Gasteiger partial charge on any atom is 0.251 e. The Hall–Kier alpha value is -1.49. The van der Waals surface area contributed by atoms with Crippen molar-refractivity contribution in [1.29, 1.82) is 0 Å². The van der Waals surface area contributed by atoms with Gasteiger partial charge in [-0.1, -0.05) is 12.1 Å². The van der Waals surface area contributed by atoms with Crippen LogP contribution in [-0.4, -0.2) is 24.6 Å². The van der Waals surface area contributed by atoms with E-state index < -0.39 is 5.91 Å². The molecule has 1 aromatic carbocycles. The fraction of sp³-hybridized carbons (Fsp3) is 0.273. The molecule has 0 saturated carbocycles. The van der Waals surface area contributed by atoms with Gasteiger partial charge >= 0.3 is 0 Å². The highest BCUT2D eigenvalue weighted by atomic mass is 32.2. The van der Waals surface area contributed by atoms with Gasteiger partial charge in [-0.15, -0.1) is 0 Å². The predicted molar refractivity (Wildman–Crippen MR) is 65.2 cm³/mol. The molecule has 0 radical (unpaired) electrons. The van der Waals surface area contributed by atoms with Crippen LogP contribution < -0.4 is 11.1 Å². The van der Waals surface area contributed by atoms with Crippen molar-refractivity contribution in [3.05, 3.63) is 35.4 Å². The average Bonchev–Trinajstić information content (AvgIpc) is 2.27. The topological polar surface area (TPSA) is 72.2 Å². The summed E-state index contributed by atoms with van der Waals surface area (Å²) in [6, 6.07) is 7.27. The van der Waals surface area contributed by atoms with E-state index in [-0.39, 0.29) is 12.5 Å². The lowest BCUT2D eigenvalue weighted by Gasteiger charge is -2.03. The first-order valence-electron chi connectivity index (χ1n) is 4.78. The monoisotopic (exact) mass is 238 g/mol. The minimum absolute atomic E-state index is 0.134. The van der Waals surface area contributed by atoms with E-state index in [2.05, 4.69) is 5.32 Å². The molecule has 16 heavy (non-hydrogen) atoms. The summed E-state index contributed by atoms with van der Waals surface area (Å²) in [5, 5.41) is 2.43. The third kappa shape index (κ3) is 3.94. The number of carbonyl (C=O) groups excluding carboxylic acids is 2. The second kappa shape index (κ2) is 6.17. The van der Waals surface area contributed by atoms with Crippen LogP contribution in [0, 0.1) is 0 Å². The normalized spacial score (nSPS) is 9.81. The third-order valence-corrected chi connectivity index (χ3v) is 2.57. The third-order valence-electron chi connectivity index (χ3n) is 1.95. The molecule has 0 unspecified atom stereocenters. The summed E-state index contributed by atoms with van der Waals surface area (Å²) in [5.41, 5.74) is 6.63. The van der Waals surface area contributed by atoms with E-state index in [0.29, 0.717) is 5.56 Å². The lowest BCUT2D eigenvalue weighted by molar-refractivity contribution is -0.117. The van der Waals surface area contributed by atoms with Crippen LogP contribution in [0.5, 0.6) is 0 Å². The summed E-state index contributed by atoms with van der Waals surface area (Å²) >= 11 is 1.72. The summed E-state index contributed by atoms with van der Waals surface area (Å²) in [6.07, 6.45) is 2.02. The van der Waals surface area contributed by atoms with Crippen molar-refractivity contribution in [3.63, 3.8) is 0 Å². The van der Waals surface area contributed by atoms with Crippen molar-refractivity contribution in [2.75, 3.05) is 12.8 Å². The number of hydrogen-bond donors (Lipinski definition) is 2. The number of hydrogen-bond acceptors (Lipinski definition) is 3. The van der Waals surface area contributed by atoms with Crippen LogP contribution in [0.4, 0.5) is 0 Å². The lowest BCUT2D eigenvalue weighted by atomic mass is 10.1. The van der Waals surface area contributed by atoms with Crippen LogP contribution in [-0.2, 0) is 10.5 Å². The van der Waals surface area contributed by atoms with Crippen molar-refractivity contribution < 1.29 is 9.59 Å². The smallest absolute Gasteiger partial charge is 0.251 e. The molecule has 0 fully saturated rings. The summed E-state index contributed by atoms with van der Waals surface area (Å²) in [5.74, 6) is 0.0882. The highest BCUT2D eigenvalue weighted by Crippen LogP contribution is 2.10. The zero-order valence-corrected chi connectivity index (χ0v) is 9.84. The molecule has 0 saturated heterocycles. The minimum Gasteiger partial charge on any atom is -0.368 e. The second-order valence-corrected chi connectivity index (χ2v) is 4.14. The Balaban J connectivity index is 2.59. The molecule has 0 atom stereocenters. The summed E-state index contributed by atoms with van der Waals surface area (Å²) in [4.78, 5) is 22.0. The molecule has 1 aromatic rings. The molecular formula is C11H14N2O2S. The number of nitrogens with two attached hydrogens (primary N) is 1. The van der Waals surface area contributed by atoms with E-state index in [9.17, 15) is 9.59 Å². The zero-order chi connectivity index (χ0) is 12.0. The Labute approximate surface area is 98.6 Å². The van der Waals surface area contributed by atoms with Crippen LogP contribution in [0.15, 0.2) is 24.3 Å². The number of rotatable bonds is 5. The number of nitrogens with one attached hydrogen (secondary N) is 1. The van der Waals surface area contributed by atoms with Gasteiger partial charge in [-0.2, -0.15) is 11.8 Å². The van der Waals surface area contributed by atoms with Gasteiger partial charge in [-0.25, -0.2) is 0 Å².